The topological polar surface area (TPSA) is 66.5 Å². The predicted octanol–water partition coefficient (Wildman–Crippen LogP) is 3.93. The Labute approximate surface area is 159 Å². The van der Waals surface area contributed by atoms with Crippen LogP contribution in [0.1, 0.15) is 19.3 Å². The van der Waals surface area contributed by atoms with Crippen LogP contribution in [0.4, 0.5) is 5.69 Å². The molecular weight excluding hydrogens is 387 g/mol. The number of carbonyl (C=O) groups is 3. The Hall–Kier alpha value is -1.56. The van der Waals surface area contributed by atoms with Gasteiger partial charge in [0.25, 0.3) is 0 Å². The molecule has 0 aromatic heterocycles. The van der Waals surface area contributed by atoms with E-state index in [4.69, 9.17) is 34.8 Å². The number of amides is 3. The van der Waals surface area contributed by atoms with Gasteiger partial charge in [-0.15, -0.1) is 0 Å². The molecule has 1 aliphatic carbocycles. The van der Waals surface area contributed by atoms with E-state index in [2.05, 4.69) is 5.32 Å². The lowest BCUT2D eigenvalue weighted by Gasteiger charge is -2.15. The van der Waals surface area contributed by atoms with Crippen molar-refractivity contribution in [3.05, 3.63) is 39.4 Å². The van der Waals surface area contributed by atoms with E-state index in [1.54, 1.807) is 0 Å². The molecule has 132 valence electrons. The van der Waals surface area contributed by atoms with Crippen LogP contribution in [-0.2, 0) is 14.4 Å². The first-order valence-corrected chi connectivity index (χ1v) is 8.96. The molecular formula is C17H15Cl3N2O3. The van der Waals surface area contributed by atoms with Gasteiger partial charge in [-0.25, -0.2) is 0 Å². The van der Waals surface area contributed by atoms with E-state index in [1.165, 1.54) is 17.0 Å². The number of fused-ring (bicyclic) bond motifs is 1. The largest absolute Gasteiger partial charge is 0.325 e. The Morgan fingerprint density at radius 1 is 1.00 bits per heavy atom. The summed E-state index contributed by atoms with van der Waals surface area (Å²) < 4.78 is 0. The third-order valence-electron chi connectivity index (χ3n) is 4.45. The van der Waals surface area contributed by atoms with Crippen LogP contribution in [0, 0.1) is 11.8 Å². The van der Waals surface area contributed by atoms with Crippen molar-refractivity contribution in [2.45, 2.75) is 19.3 Å². The number of imide groups is 1. The molecule has 3 amide bonds. The van der Waals surface area contributed by atoms with Crippen LogP contribution >= 0.6 is 34.8 Å². The van der Waals surface area contributed by atoms with Gasteiger partial charge in [-0.05, 0) is 25.0 Å². The fourth-order valence-corrected chi connectivity index (χ4v) is 3.73. The third-order valence-corrected chi connectivity index (χ3v) is 5.48. The number of allylic oxidation sites excluding steroid dienone is 2. The van der Waals surface area contributed by atoms with Crippen molar-refractivity contribution in [3.63, 3.8) is 0 Å². The van der Waals surface area contributed by atoms with Gasteiger partial charge in [0.2, 0.25) is 17.7 Å². The van der Waals surface area contributed by atoms with E-state index in [0.29, 0.717) is 18.5 Å². The molecule has 0 spiro atoms. The lowest BCUT2D eigenvalue weighted by molar-refractivity contribution is -0.140. The number of nitrogens with one attached hydrogen (secondary N) is 1. The van der Waals surface area contributed by atoms with E-state index in [-0.39, 0.29) is 57.6 Å². The molecule has 8 heteroatoms. The Balaban J connectivity index is 1.60. The minimum atomic E-state index is -0.367. The second kappa shape index (κ2) is 7.36. The van der Waals surface area contributed by atoms with Crippen LogP contribution in [-0.4, -0.2) is 29.2 Å². The van der Waals surface area contributed by atoms with Crippen LogP contribution < -0.4 is 5.32 Å². The molecule has 1 aromatic carbocycles. The summed E-state index contributed by atoms with van der Waals surface area (Å²) >= 11 is 17.8. The fourth-order valence-electron chi connectivity index (χ4n) is 3.13. The number of anilines is 1. The number of likely N-dealkylation sites (tertiary alicyclic amines) is 1. The summed E-state index contributed by atoms with van der Waals surface area (Å²) in [5.41, 5.74) is 0.331. The minimum absolute atomic E-state index is 0.0130. The summed E-state index contributed by atoms with van der Waals surface area (Å²) in [6, 6.07) is 2.89. The number of carbonyl (C=O) groups excluding carboxylic acids is 3. The standard InChI is InChI=1S/C17H15Cl3N2O3/c18-11-7-13(20)14(8-12(11)19)21-15(23)5-6-22-16(24)9-3-1-2-4-10(9)17(22)25/h1-2,7-10H,3-6H2,(H,21,23)/t9-,10+. The predicted molar refractivity (Wildman–Crippen MR) is 96.8 cm³/mol. The quantitative estimate of drug-likeness (QED) is 0.472. The second-order valence-electron chi connectivity index (χ2n) is 6.03. The van der Waals surface area contributed by atoms with Gasteiger partial charge < -0.3 is 5.32 Å². The first-order valence-electron chi connectivity index (χ1n) is 7.83. The van der Waals surface area contributed by atoms with E-state index < -0.39 is 0 Å². The highest BCUT2D eigenvalue weighted by Crippen LogP contribution is 2.35. The van der Waals surface area contributed by atoms with Crippen molar-refractivity contribution in [2.24, 2.45) is 11.8 Å². The highest BCUT2D eigenvalue weighted by atomic mass is 35.5. The lowest BCUT2D eigenvalue weighted by Crippen LogP contribution is -2.34. The number of halogens is 3. The van der Waals surface area contributed by atoms with Gasteiger partial charge in [0, 0.05) is 13.0 Å². The number of nitrogens with zero attached hydrogens (tertiary/aromatic N) is 1. The highest BCUT2D eigenvalue weighted by molar-refractivity contribution is 6.44. The summed E-state index contributed by atoms with van der Waals surface area (Å²) in [5.74, 6) is -1.33. The van der Waals surface area contributed by atoms with Crippen molar-refractivity contribution in [3.8, 4) is 0 Å². The summed E-state index contributed by atoms with van der Waals surface area (Å²) in [6.45, 7) is 0.0510. The maximum absolute atomic E-state index is 12.3. The van der Waals surface area contributed by atoms with Crippen LogP contribution in [0.25, 0.3) is 0 Å². The molecule has 1 fully saturated rings. The normalized spacial score (nSPS) is 22.3. The van der Waals surface area contributed by atoms with E-state index >= 15 is 0 Å². The SMILES string of the molecule is O=C(CCN1C(=O)[C@H]2CC=CC[C@H]2C1=O)Nc1cc(Cl)c(Cl)cc1Cl. The van der Waals surface area contributed by atoms with Crippen molar-refractivity contribution >= 4 is 58.2 Å². The van der Waals surface area contributed by atoms with Gasteiger partial charge in [-0.1, -0.05) is 47.0 Å². The molecule has 2 atom stereocenters. The van der Waals surface area contributed by atoms with Gasteiger partial charge >= 0.3 is 0 Å². The molecule has 1 aromatic rings. The molecule has 3 rings (SSSR count). The Morgan fingerprint density at radius 2 is 1.56 bits per heavy atom. The molecule has 0 bridgehead atoms. The van der Waals surface area contributed by atoms with Gasteiger partial charge in [0.1, 0.15) is 0 Å². The molecule has 0 radical (unpaired) electrons. The zero-order valence-electron chi connectivity index (χ0n) is 13.1. The molecule has 1 N–H and O–H groups in total. The van der Waals surface area contributed by atoms with E-state index in [0.717, 1.165) is 0 Å². The van der Waals surface area contributed by atoms with Crippen LogP contribution in [0.15, 0.2) is 24.3 Å². The summed E-state index contributed by atoms with van der Waals surface area (Å²) in [6.07, 6.45) is 5.00. The fraction of sp³-hybridized carbons (Fsp3) is 0.353. The molecule has 5 nitrogen and oxygen atoms in total. The number of hydrogen-bond donors (Lipinski definition) is 1. The maximum Gasteiger partial charge on any atom is 0.233 e. The zero-order valence-corrected chi connectivity index (χ0v) is 15.4. The van der Waals surface area contributed by atoms with Crippen LogP contribution in [0.3, 0.4) is 0 Å². The van der Waals surface area contributed by atoms with Gasteiger partial charge in [-0.2, -0.15) is 0 Å². The van der Waals surface area contributed by atoms with Crippen molar-refractivity contribution in [1.82, 2.24) is 4.90 Å². The monoisotopic (exact) mass is 400 g/mol. The average molecular weight is 402 g/mol. The van der Waals surface area contributed by atoms with E-state index in [1.807, 2.05) is 12.2 Å². The number of hydrogen-bond acceptors (Lipinski definition) is 3. The van der Waals surface area contributed by atoms with E-state index in [9.17, 15) is 14.4 Å². The number of rotatable bonds is 4. The first kappa shape index (κ1) is 18.2. The molecule has 1 aliphatic heterocycles. The first-order chi connectivity index (χ1) is 11.9. The molecule has 1 heterocycles. The van der Waals surface area contributed by atoms with Crippen molar-refractivity contribution < 1.29 is 14.4 Å². The third kappa shape index (κ3) is 3.68. The van der Waals surface area contributed by atoms with Crippen molar-refractivity contribution in [2.75, 3.05) is 11.9 Å². The summed E-state index contributed by atoms with van der Waals surface area (Å²) in [5, 5.41) is 3.43. The minimum Gasteiger partial charge on any atom is -0.325 e. The smallest absolute Gasteiger partial charge is 0.233 e. The molecule has 0 saturated carbocycles. The summed E-state index contributed by atoms with van der Waals surface area (Å²) in [4.78, 5) is 38.0. The van der Waals surface area contributed by atoms with Gasteiger partial charge in [0.05, 0.1) is 32.6 Å². The Morgan fingerprint density at radius 3 is 2.16 bits per heavy atom. The molecule has 1 saturated heterocycles. The van der Waals surface area contributed by atoms with Gasteiger partial charge in [0.15, 0.2) is 0 Å². The maximum atomic E-state index is 12.3. The molecule has 25 heavy (non-hydrogen) atoms. The lowest BCUT2D eigenvalue weighted by atomic mass is 9.85. The van der Waals surface area contributed by atoms with Crippen molar-refractivity contribution in [1.29, 1.82) is 0 Å². The zero-order chi connectivity index (χ0) is 18.1. The van der Waals surface area contributed by atoms with Crippen LogP contribution in [0.5, 0.6) is 0 Å². The Bertz CT molecular complexity index is 753. The number of benzene rings is 1. The van der Waals surface area contributed by atoms with Gasteiger partial charge in [-0.3, -0.25) is 19.3 Å². The van der Waals surface area contributed by atoms with Crippen LogP contribution in [0.2, 0.25) is 15.1 Å². The Kier molecular flexibility index (Phi) is 5.37. The molecule has 0 unspecified atom stereocenters. The second-order valence-corrected chi connectivity index (χ2v) is 7.25. The molecule has 2 aliphatic rings. The summed E-state index contributed by atoms with van der Waals surface area (Å²) in [7, 11) is 0. The average Bonchev–Trinajstić information content (AvgIpc) is 2.82. The highest BCUT2D eigenvalue weighted by Gasteiger charge is 2.46.